The molecule has 0 saturated heterocycles. The summed E-state index contributed by atoms with van der Waals surface area (Å²) in [6.45, 7) is 1.65. The van der Waals surface area contributed by atoms with Gasteiger partial charge in [0.1, 0.15) is 0 Å². The molecule has 0 amide bonds. The number of esters is 1. The van der Waals surface area contributed by atoms with Crippen LogP contribution >= 0.6 is 0 Å². The number of methoxy groups -OCH3 is 2. The topological polar surface area (TPSA) is 83.7 Å². The molecule has 0 aliphatic rings. The van der Waals surface area contributed by atoms with Crippen molar-refractivity contribution in [3.63, 3.8) is 0 Å². The van der Waals surface area contributed by atoms with Gasteiger partial charge in [0, 0.05) is 11.6 Å². The molecular formula is C15H16N2O5. The zero-order valence-corrected chi connectivity index (χ0v) is 12.5. The fourth-order valence-electron chi connectivity index (χ4n) is 1.72. The summed E-state index contributed by atoms with van der Waals surface area (Å²) < 4.78 is 20.4. The molecule has 1 aromatic heterocycles. The zero-order valence-electron chi connectivity index (χ0n) is 12.5. The van der Waals surface area contributed by atoms with Crippen LogP contribution in [0.15, 0.2) is 34.9 Å². The van der Waals surface area contributed by atoms with Crippen molar-refractivity contribution < 1.29 is 23.5 Å². The average molecular weight is 304 g/mol. The molecule has 0 N–H and O–H groups in total. The van der Waals surface area contributed by atoms with E-state index in [9.17, 15) is 4.79 Å². The maximum absolute atomic E-state index is 11.2. The summed E-state index contributed by atoms with van der Waals surface area (Å²) in [6, 6.07) is 5.26. The van der Waals surface area contributed by atoms with E-state index < -0.39 is 5.97 Å². The Kier molecular flexibility index (Phi) is 5.13. The summed E-state index contributed by atoms with van der Waals surface area (Å²) in [6.07, 6.45) is 2.90. The number of allylic oxidation sites excluding steroid dienone is 1. The van der Waals surface area contributed by atoms with Crippen LogP contribution in [0.1, 0.15) is 12.8 Å². The Labute approximate surface area is 127 Å². The van der Waals surface area contributed by atoms with E-state index in [2.05, 4.69) is 10.1 Å². The van der Waals surface area contributed by atoms with Crippen LogP contribution in [0.25, 0.3) is 11.4 Å². The molecule has 7 nitrogen and oxygen atoms in total. The Morgan fingerprint density at radius 3 is 2.73 bits per heavy atom. The highest BCUT2D eigenvalue weighted by atomic mass is 16.6. The minimum atomic E-state index is -0.464. The van der Waals surface area contributed by atoms with E-state index in [4.69, 9.17) is 18.7 Å². The standard InChI is InChI=1S/C15H16N2O5/c1-4-5-14(18)21-9-13-16-15(17-22-13)10-6-7-11(19-2)12(8-10)20-3/h4-8H,9H2,1-3H3. The van der Waals surface area contributed by atoms with Crippen molar-refractivity contribution in [1.29, 1.82) is 0 Å². The Morgan fingerprint density at radius 1 is 1.27 bits per heavy atom. The van der Waals surface area contributed by atoms with E-state index in [0.717, 1.165) is 0 Å². The molecule has 0 aliphatic heterocycles. The van der Waals surface area contributed by atoms with Gasteiger partial charge >= 0.3 is 5.97 Å². The summed E-state index contributed by atoms with van der Waals surface area (Å²) in [5, 5.41) is 3.85. The number of rotatable bonds is 6. The second-order valence-electron chi connectivity index (χ2n) is 4.19. The van der Waals surface area contributed by atoms with Crippen molar-refractivity contribution >= 4 is 5.97 Å². The number of hydrogen-bond donors (Lipinski definition) is 0. The molecule has 0 spiro atoms. The van der Waals surface area contributed by atoms with Crippen molar-refractivity contribution in [2.45, 2.75) is 13.5 Å². The Balaban J connectivity index is 2.12. The molecule has 2 rings (SSSR count). The first-order chi connectivity index (χ1) is 10.7. The van der Waals surface area contributed by atoms with Gasteiger partial charge in [0.25, 0.3) is 5.89 Å². The molecule has 1 aromatic carbocycles. The number of aromatic nitrogens is 2. The maximum atomic E-state index is 11.2. The number of carbonyl (C=O) groups is 1. The average Bonchev–Trinajstić information content (AvgIpc) is 3.01. The second-order valence-corrected chi connectivity index (χ2v) is 4.19. The van der Waals surface area contributed by atoms with E-state index in [1.54, 1.807) is 45.4 Å². The predicted octanol–water partition coefficient (Wildman–Crippen LogP) is 2.37. The Bertz CT molecular complexity index is 678. The van der Waals surface area contributed by atoms with E-state index in [1.165, 1.54) is 6.08 Å². The lowest BCUT2D eigenvalue weighted by molar-refractivity contribution is -0.139. The quantitative estimate of drug-likeness (QED) is 0.598. The number of benzene rings is 1. The molecule has 22 heavy (non-hydrogen) atoms. The molecule has 2 aromatic rings. The first-order valence-electron chi connectivity index (χ1n) is 6.52. The lowest BCUT2D eigenvalue weighted by Crippen LogP contribution is -2.00. The van der Waals surface area contributed by atoms with Crippen LogP contribution in [-0.4, -0.2) is 30.3 Å². The van der Waals surface area contributed by atoms with Gasteiger partial charge in [-0.1, -0.05) is 11.2 Å². The summed E-state index contributed by atoms with van der Waals surface area (Å²) in [5.41, 5.74) is 0.701. The van der Waals surface area contributed by atoms with E-state index in [-0.39, 0.29) is 12.5 Å². The Morgan fingerprint density at radius 2 is 2.05 bits per heavy atom. The smallest absolute Gasteiger partial charge is 0.330 e. The lowest BCUT2D eigenvalue weighted by atomic mass is 10.2. The lowest BCUT2D eigenvalue weighted by Gasteiger charge is -2.07. The number of ether oxygens (including phenoxy) is 3. The molecule has 116 valence electrons. The molecule has 0 atom stereocenters. The molecule has 0 aliphatic carbocycles. The molecule has 1 heterocycles. The minimum absolute atomic E-state index is 0.0799. The van der Waals surface area contributed by atoms with Gasteiger partial charge in [-0.2, -0.15) is 4.98 Å². The predicted molar refractivity (Wildman–Crippen MR) is 77.4 cm³/mol. The first-order valence-corrected chi connectivity index (χ1v) is 6.52. The molecule has 0 bridgehead atoms. The number of nitrogens with zero attached hydrogens (tertiary/aromatic N) is 2. The highest BCUT2D eigenvalue weighted by molar-refractivity contribution is 5.81. The van der Waals surface area contributed by atoms with Crippen LogP contribution in [0.2, 0.25) is 0 Å². The first kappa shape index (κ1) is 15.6. The fraction of sp³-hybridized carbons (Fsp3) is 0.267. The summed E-state index contributed by atoms with van der Waals surface area (Å²) in [4.78, 5) is 15.4. The van der Waals surface area contributed by atoms with Crippen LogP contribution in [0.5, 0.6) is 11.5 Å². The molecule has 0 fully saturated rings. The van der Waals surface area contributed by atoms with Crippen molar-refractivity contribution in [3.8, 4) is 22.9 Å². The van der Waals surface area contributed by atoms with Crippen LogP contribution in [0.4, 0.5) is 0 Å². The monoisotopic (exact) mass is 304 g/mol. The molecule has 0 saturated carbocycles. The fourth-order valence-corrected chi connectivity index (χ4v) is 1.72. The minimum Gasteiger partial charge on any atom is -0.493 e. The van der Waals surface area contributed by atoms with Crippen LogP contribution in [0.3, 0.4) is 0 Å². The third-order valence-corrected chi connectivity index (χ3v) is 2.75. The summed E-state index contributed by atoms with van der Waals surface area (Å²) in [7, 11) is 3.10. The highest BCUT2D eigenvalue weighted by Crippen LogP contribution is 2.31. The van der Waals surface area contributed by atoms with Gasteiger partial charge in [-0.05, 0) is 25.1 Å². The normalized spacial score (nSPS) is 10.7. The van der Waals surface area contributed by atoms with Gasteiger partial charge in [0.2, 0.25) is 5.82 Å². The molecule has 0 unspecified atom stereocenters. The molecular weight excluding hydrogens is 288 g/mol. The van der Waals surface area contributed by atoms with Crippen molar-refractivity contribution in [2.75, 3.05) is 14.2 Å². The Hall–Kier alpha value is -2.83. The van der Waals surface area contributed by atoms with Crippen LogP contribution in [-0.2, 0) is 16.1 Å². The van der Waals surface area contributed by atoms with Crippen LogP contribution < -0.4 is 9.47 Å². The summed E-state index contributed by atoms with van der Waals surface area (Å²) >= 11 is 0. The maximum Gasteiger partial charge on any atom is 0.330 e. The van der Waals surface area contributed by atoms with Gasteiger partial charge in [-0.15, -0.1) is 0 Å². The zero-order chi connectivity index (χ0) is 15.9. The van der Waals surface area contributed by atoms with E-state index in [0.29, 0.717) is 22.9 Å². The highest BCUT2D eigenvalue weighted by Gasteiger charge is 2.13. The molecule has 0 radical (unpaired) electrons. The van der Waals surface area contributed by atoms with Gasteiger partial charge < -0.3 is 18.7 Å². The van der Waals surface area contributed by atoms with Gasteiger partial charge in [-0.25, -0.2) is 4.79 Å². The van der Waals surface area contributed by atoms with Gasteiger partial charge in [0.15, 0.2) is 18.1 Å². The van der Waals surface area contributed by atoms with Gasteiger partial charge in [-0.3, -0.25) is 0 Å². The van der Waals surface area contributed by atoms with Crippen molar-refractivity contribution in [2.24, 2.45) is 0 Å². The van der Waals surface area contributed by atoms with E-state index >= 15 is 0 Å². The summed E-state index contributed by atoms with van der Waals surface area (Å²) in [5.74, 6) is 1.29. The van der Waals surface area contributed by atoms with Crippen LogP contribution in [0, 0.1) is 0 Å². The number of carbonyl (C=O) groups excluding carboxylic acids is 1. The third kappa shape index (κ3) is 3.63. The SMILES string of the molecule is CC=CC(=O)OCc1nc(-c2ccc(OC)c(OC)c2)no1. The van der Waals surface area contributed by atoms with Crippen molar-refractivity contribution in [1.82, 2.24) is 10.1 Å². The largest absolute Gasteiger partial charge is 0.493 e. The third-order valence-electron chi connectivity index (χ3n) is 2.75. The second kappa shape index (κ2) is 7.26. The van der Waals surface area contributed by atoms with E-state index in [1.807, 2.05) is 0 Å². The molecule has 7 heteroatoms. The van der Waals surface area contributed by atoms with Gasteiger partial charge in [0.05, 0.1) is 14.2 Å². The number of hydrogen-bond acceptors (Lipinski definition) is 7. The van der Waals surface area contributed by atoms with Crippen molar-refractivity contribution in [3.05, 3.63) is 36.2 Å².